The van der Waals surface area contributed by atoms with Crippen LogP contribution in [0.4, 0.5) is 0 Å². The molecule has 4 heteroatoms. The number of thioether (sulfide) groups is 1. The van der Waals surface area contributed by atoms with Crippen LogP contribution in [0.25, 0.3) is 0 Å². The molecule has 2 rings (SSSR count). The van der Waals surface area contributed by atoms with E-state index in [9.17, 15) is 4.79 Å². The third-order valence-corrected chi connectivity index (χ3v) is 6.86. The molecule has 0 bridgehead atoms. The zero-order chi connectivity index (χ0) is 14.5. The van der Waals surface area contributed by atoms with E-state index in [1.807, 2.05) is 11.8 Å². The molecule has 1 amide bonds. The lowest BCUT2D eigenvalue weighted by molar-refractivity contribution is -0.124. The minimum atomic E-state index is 0.0878. The fraction of sp³-hybridized carbons (Fsp3) is 0.938. The molecular weight excluding hydrogens is 268 g/mol. The van der Waals surface area contributed by atoms with Gasteiger partial charge in [0.2, 0.25) is 5.91 Å². The lowest BCUT2D eigenvalue weighted by Crippen LogP contribution is -2.42. The van der Waals surface area contributed by atoms with Crippen LogP contribution in [0, 0.1) is 5.41 Å². The van der Waals surface area contributed by atoms with Crippen molar-refractivity contribution < 1.29 is 4.79 Å². The number of nitrogens with one attached hydrogen (secondary N) is 1. The van der Waals surface area contributed by atoms with Crippen LogP contribution in [0.5, 0.6) is 0 Å². The van der Waals surface area contributed by atoms with Crippen LogP contribution in [-0.2, 0) is 4.79 Å². The Morgan fingerprint density at radius 2 is 1.70 bits per heavy atom. The van der Waals surface area contributed by atoms with Gasteiger partial charge in [0, 0.05) is 17.7 Å². The third kappa shape index (κ3) is 3.91. The second-order valence-corrected chi connectivity index (χ2v) is 8.09. The summed E-state index contributed by atoms with van der Waals surface area (Å²) in [6.45, 7) is 1.50. The summed E-state index contributed by atoms with van der Waals surface area (Å²) in [5.74, 6) is 0.220. The van der Waals surface area contributed by atoms with E-state index in [2.05, 4.69) is 11.6 Å². The van der Waals surface area contributed by atoms with Crippen molar-refractivity contribution >= 4 is 17.7 Å². The Balaban J connectivity index is 1.82. The molecule has 0 atom stereocenters. The van der Waals surface area contributed by atoms with Crippen LogP contribution < -0.4 is 11.1 Å². The van der Waals surface area contributed by atoms with E-state index in [1.165, 1.54) is 44.9 Å². The number of rotatable bonds is 6. The zero-order valence-electron chi connectivity index (χ0n) is 12.9. The molecule has 2 saturated carbocycles. The van der Waals surface area contributed by atoms with Gasteiger partial charge >= 0.3 is 0 Å². The van der Waals surface area contributed by atoms with Crippen molar-refractivity contribution in [2.45, 2.75) is 69.0 Å². The Morgan fingerprint density at radius 3 is 2.25 bits per heavy atom. The van der Waals surface area contributed by atoms with Crippen molar-refractivity contribution in [1.82, 2.24) is 5.32 Å². The normalized spacial score (nSPS) is 24.5. The number of amides is 1. The predicted octanol–water partition coefficient (Wildman–Crippen LogP) is 3.08. The van der Waals surface area contributed by atoms with Crippen molar-refractivity contribution in [2.24, 2.45) is 11.1 Å². The highest BCUT2D eigenvalue weighted by atomic mass is 32.2. The Bertz CT molecular complexity index is 320. The molecule has 116 valence electrons. The van der Waals surface area contributed by atoms with Gasteiger partial charge in [0.1, 0.15) is 0 Å². The van der Waals surface area contributed by atoms with E-state index in [0.717, 1.165) is 19.4 Å². The first-order valence-corrected chi connectivity index (χ1v) is 9.38. The van der Waals surface area contributed by atoms with Gasteiger partial charge in [0.05, 0.1) is 0 Å². The Kier molecular flexibility index (Phi) is 5.79. The van der Waals surface area contributed by atoms with Gasteiger partial charge in [-0.3, -0.25) is 4.79 Å². The maximum absolute atomic E-state index is 12.3. The molecule has 3 nitrogen and oxygen atoms in total. The summed E-state index contributed by atoms with van der Waals surface area (Å²) in [6, 6.07) is 0. The van der Waals surface area contributed by atoms with Crippen molar-refractivity contribution in [1.29, 1.82) is 0 Å². The van der Waals surface area contributed by atoms with Crippen LogP contribution >= 0.6 is 11.8 Å². The van der Waals surface area contributed by atoms with Gasteiger partial charge in [0.25, 0.3) is 0 Å². The second kappa shape index (κ2) is 7.17. The molecule has 20 heavy (non-hydrogen) atoms. The number of carbonyl (C=O) groups is 1. The Labute approximate surface area is 127 Å². The van der Waals surface area contributed by atoms with Crippen LogP contribution in [-0.4, -0.2) is 30.0 Å². The highest BCUT2D eigenvalue weighted by molar-refractivity contribution is 8.00. The molecule has 0 aromatic carbocycles. The fourth-order valence-electron chi connectivity index (χ4n) is 3.89. The topological polar surface area (TPSA) is 55.1 Å². The highest BCUT2D eigenvalue weighted by Crippen LogP contribution is 2.40. The summed E-state index contributed by atoms with van der Waals surface area (Å²) in [5, 5.41) is 3.21. The maximum Gasteiger partial charge on any atom is 0.220 e. The molecule has 0 saturated heterocycles. The molecular formula is C16H30N2OS. The van der Waals surface area contributed by atoms with Crippen LogP contribution in [0.2, 0.25) is 0 Å². The molecule has 0 spiro atoms. The van der Waals surface area contributed by atoms with Gasteiger partial charge in [0.15, 0.2) is 0 Å². The Morgan fingerprint density at radius 1 is 1.10 bits per heavy atom. The second-order valence-electron chi connectivity index (χ2n) is 6.81. The summed E-state index contributed by atoms with van der Waals surface area (Å²) < 4.78 is 0.304. The molecule has 0 aromatic heterocycles. The first-order valence-electron chi connectivity index (χ1n) is 8.16. The van der Waals surface area contributed by atoms with E-state index in [0.29, 0.717) is 17.7 Å². The first kappa shape index (κ1) is 16.2. The van der Waals surface area contributed by atoms with Crippen molar-refractivity contribution in [2.75, 3.05) is 19.3 Å². The minimum Gasteiger partial charge on any atom is -0.355 e. The average molecular weight is 298 g/mol. The van der Waals surface area contributed by atoms with Crippen molar-refractivity contribution in [3.8, 4) is 0 Å². The van der Waals surface area contributed by atoms with Gasteiger partial charge < -0.3 is 11.1 Å². The van der Waals surface area contributed by atoms with E-state index in [4.69, 9.17) is 5.73 Å². The Hall–Kier alpha value is -0.220. The quantitative estimate of drug-likeness (QED) is 0.792. The molecule has 2 aliphatic rings. The van der Waals surface area contributed by atoms with Crippen molar-refractivity contribution in [3.63, 3.8) is 0 Å². The molecule has 0 aliphatic heterocycles. The number of carbonyl (C=O) groups excluding carboxylic acids is 1. The van der Waals surface area contributed by atoms with E-state index in [1.54, 1.807) is 0 Å². The summed E-state index contributed by atoms with van der Waals surface area (Å²) in [5.41, 5.74) is 6.06. The summed E-state index contributed by atoms with van der Waals surface area (Å²) >= 11 is 1.93. The summed E-state index contributed by atoms with van der Waals surface area (Å²) in [7, 11) is 0. The standard InChI is InChI=1S/C16H30N2OS/c1-20-16(9-5-6-10-16)13-18-14(19)11-15(12-17)7-3-2-4-8-15/h2-13,17H2,1H3,(H,18,19). The van der Waals surface area contributed by atoms with Gasteiger partial charge in [-0.15, -0.1) is 0 Å². The SMILES string of the molecule is CSC1(CNC(=O)CC2(CN)CCCCC2)CCCC1. The zero-order valence-corrected chi connectivity index (χ0v) is 13.7. The minimum absolute atomic E-state index is 0.0878. The molecule has 0 aromatic rings. The molecule has 0 heterocycles. The maximum atomic E-state index is 12.3. The average Bonchev–Trinajstić information content (AvgIpc) is 2.96. The largest absolute Gasteiger partial charge is 0.355 e. The molecule has 0 radical (unpaired) electrons. The fourth-order valence-corrected chi connectivity index (χ4v) is 4.80. The monoisotopic (exact) mass is 298 g/mol. The lowest BCUT2D eigenvalue weighted by Gasteiger charge is -2.36. The number of hydrogen-bond donors (Lipinski definition) is 2. The first-order chi connectivity index (χ1) is 9.64. The predicted molar refractivity (Wildman–Crippen MR) is 86.9 cm³/mol. The molecule has 2 aliphatic carbocycles. The van der Waals surface area contributed by atoms with Gasteiger partial charge in [-0.2, -0.15) is 11.8 Å². The van der Waals surface area contributed by atoms with E-state index in [-0.39, 0.29) is 11.3 Å². The van der Waals surface area contributed by atoms with Crippen LogP contribution in [0.15, 0.2) is 0 Å². The summed E-state index contributed by atoms with van der Waals surface area (Å²) in [6.07, 6.45) is 14.0. The number of nitrogens with two attached hydrogens (primary N) is 1. The smallest absolute Gasteiger partial charge is 0.220 e. The number of hydrogen-bond acceptors (Lipinski definition) is 3. The third-order valence-electron chi connectivity index (χ3n) is 5.44. The lowest BCUT2D eigenvalue weighted by atomic mass is 9.71. The van der Waals surface area contributed by atoms with Crippen LogP contribution in [0.3, 0.4) is 0 Å². The van der Waals surface area contributed by atoms with Gasteiger partial charge in [-0.1, -0.05) is 32.1 Å². The molecule has 0 unspecified atom stereocenters. The highest BCUT2D eigenvalue weighted by Gasteiger charge is 2.36. The van der Waals surface area contributed by atoms with Gasteiger partial charge in [-0.25, -0.2) is 0 Å². The van der Waals surface area contributed by atoms with E-state index >= 15 is 0 Å². The van der Waals surface area contributed by atoms with Gasteiger partial charge in [-0.05, 0) is 43.9 Å². The van der Waals surface area contributed by atoms with E-state index < -0.39 is 0 Å². The van der Waals surface area contributed by atoms with Crippen LogP contribution in [0.1, 0.15) is 64.2 Å². The van der Waals surface area contributed by atoms with Crippen molar-refractivity contribution in [3.05, 3.63) is 0 Å². The summed E-state index contributed by atoms with van der Waals surface area (Å²) in [4.78, 5) is 12.3. The molecule has 3 N–H and O–H groups in total. The molecule has 2 fully saturated rings.